The van der Waals surface area contributed by atoms with Crippen LogP contribution in [0.25, 0.3) is 0 Å². The molecule has 0 aromatic heterocycles. The Kier molecular flexibility index (Phi) is 2.78. The van der Waals surface area contributed by atoms with Crippen molar-refractivity contribution in [3.05, 3.63) is 9.81 Å². The van der Waals surface area contributed by atoms with Gasteiger partial charge in [0.15, 0.2) is 0 Å². The van der Waals surface area contributed by atoms with Crippen LogP contribution in [-0.4, -0.2) is 0 Å². The second kappa shape index (κ2) is 2.59. The molecule has 0 bridgehead atoms. The maximum absolute atomic E-state index is 4.00. The lowest BCUT2D eigenvalue weighted by atomic mass is 10.6. The largest absolute Gasteiger partial charge is 0.147 e. The normalized spacial score (nSPS) is 14.0. The molecule has 0 aliphatic rings. The molecule has 0 aromatic carbocycles. The first kappa shape index (κ1) is 6.44. The molecule has 0 amide bonds. The standard InChI is InChI=1S/C4H8S2/c1-3(5)4(2)6/h5-6H,1-2H3. The average molecular weight is 120 g/mol. The van der Waals surface area contributed by atoms with Crippen LogP contribution in [0.4, 0.5) is 0 Å². The molecule has 6 heavy (non-hydrogen) atoms. The monoisotopic (exact) mass is 120 g/mol. The molecule has 0 N–H and O–H groups in total. The molecule has 0 unspecified atom stereocenters. The zero-order valence-corrected chi connectivity index (χ0v) is 5.68. The van der Waals surface area contributed by atoms with Gasteiger partial charge in [-0.2, -0.15) is 0 Å². The minimum atomic E-state index is 0.985. The number of hydrogen-bond acceptors (Lipinski definition) is 2. The van der Waals surface area contributed by atoms with Gasteiger partial charge < -0.3 is 0 Å². The summed E-state index contributed by atoms with van der Waals surface area (Å²) < 4.78 is 0. The van der Waals surface area contributed by atoms with E-state index in [4.69, 9.17) is 0 Å². The van der Waals surface area contributed by atoms with E-state index in [0.29, 0.717) is 0 Å². The first-order valence-corrected chi connectivity index (χ1v) is 2.59. The van der Waals surface area contributed by atoms with E-state index in [-0.39, 0.29) is 0 Å². The Hall–Kier alpha value is 0.440. The summed E-state index contributed by atoms with van der Waals surface area (Å²) in [7, 11) is 0. The highest BCUT2D eigenvalue weighted by molar-refractivity contribution is 7.88. The van der Waals surface area contributed by atoms with Crippen molar-refractivity contribution in [2.75, 3.05) is 0 Å². The quantitative estimate of drug-likeness (QED) is 0.449. The van der Waals surface area contributed by atoms with Crippen molar-refractivity contribution < 1.29 is 0 Å². The summed E-state index contributed by atoms with van der Waals surface area (Å²) in [5, 5.41) is 0. The number of hydrogen-bond donors (Lipinski definition) is 2. The summed E-state index contributed by atoms with van der Waals surface area (Å²) in [6.45, 7) is 3.82. The van der Waals surface area contributed by atoms with Gasteiger partial charge in [-0.3, -0.25) is 0 Å². The third kappa shape index (κ3) is 2.67. The van der Waals surface area contributed by atoms with Crippen LogP contribution >= 0.6 is 25.3 Å². The lowest BCUT2D eigenvalue weighted by Crippen LogP contribution is -1.58. The van der Waals surface area contributed by atoms with E-state index >= 15 is 0 Å². The Labute approximate surface area is 49.5 Å². The average Bonchev–Trinajstić information content (AvgIpc) is 1.36. The van der Waals surface area contributed by atoms with E-state index < -0.39 is 0 Å². The molecule has 0 saturated carbocycles. The molecule has 0 rings (SSSR count). The highest BCUT2D eigenvalue weighted by atomic mass is 32.1. The summed E-state index contributed by atoms with van der Waals surface area (Å²) in [4.78, 5) is 1.97. The summed E-state index contributed by atoms with van der Waals surface area (Å²) in [5.74, 6) is 0. The van der Waals surface area contributed by atoms with Gasteiger partial charge in [-0.15, -0.1) is 25.3 Å². The van der Waals surface area contributed by atoms with Crippen LogP contribution in [0, 0.1) is 0 Å². The molecule has 0 saturated heterocycles. The summed E-state index contributed by atoms with van der Waals surface area (Å²) in [6.07, 6.45) is 0. The summed E-state index contributed by atoms with van der Waals surface area (Å²) in [6, 6.07) is 0. The van der Waals surface area contributed by atoms with Crippen molar-refractivity contribution in [3.63, 3.8) is 0 Å². The van der Waals surface area contributed by atoms with Gasteiger partial charge in [0.1, 0.15) is 0 Å². The Balaban J connectivity index is 3.68. The van der Waals surface area contributed by atoms with E-state index in [1.807, 2.05) is 13.8 Å². The van der Waals surface area contributed by atoms with Crippen molar-refractivity contribution in [2.45, 2.75) is 13.8 Å². The molecule has 0 aliphatic carbocycles. The van der Waals surface area contributed by atoms with Crippen LogP contribution in [0.5, 0.6) is 0 Å². The van der Waals surface area contributed by atoms with Gasteiger partial charge in [-0.25, -0.2) is 0 Å². The van der Waals surface area contributed by atoms with Gasteiger partial charge in [0.05, 0.1) is 0 Å². The molecule has 0 aliphatic heterocycles. The topological polar surface area (TPSA) is 0 Å². The van der Waals surface area contributed by atoms with E-state index in [2.05, 4.69) is 25.3 Å². The fourth-order valence-corrected chi connectivity index (χ4v) is 0. The predicted molar refractivity (Wildman–Crippen MR) is 36.3 cm³/mol. The SMILES string of the molecule is CC(S)=C(C)S. The molecule has 0 nitrogen and oxygen atoms in total. The summed E-state index contributed by atoms with van der Waals surface area (Å²) in [5.41, 5.74) is 0. The first-order valence-electron chi connectivity index (χ1n) is 1.70. The molecule has 0 fully saturated rings. The second-order valence-corrected chi connectivity index (χ2v) is 2.51. The van der Waals surface area contributed by atoms with E-state index in [0.717, 1.165) is 9.81 Å². The number of rotatable bonds is 0. The van der Waals surface area contributed by atoms with Crippen molar-refractivity contribution in [2.24, 2.45) is 0 Å². The number of allylic oxidation sites excluding steroid dienone is 2. The van der Waals surface area contributed by atoms with Gasteiger partial charge in [-0.05, 0) is 23.7 Å². The second-order valence-electron chi connectivity index (χ2n) is 1.17. The lowest BCUT2D eigenvalue weighted by molar-refractivity contribution is 1.57. The Morgan fingerprint density at radius 1 is 1.00 bits per heavy atom. The Morgan fingerprint density at radius 2 is 1.17 bits per heavy atom. The lowest BCUT2D eigenvalue weighted by Gasteiger charge is -1.85. The van der Waals surface area contributed by atoms with E-state index in [1.165, 1.54) is 0 Å². The molecule has 0 spiro atoms. The first-order chi connectivity index (χ1) is 2.64. The van der Waals surface area contributed by atoms with Crippen molar-refractivity contribution >= 4 is 25.3 Å². The Bertz CT molecular complexity index is 55.6. The molecular formula is C4H8S2. The highest BCUT2D eigenvalue weighted by Gasteiger charge is 1.77. The zero-order chi connectivity index (χ0) is 5.15. The van der Waals surface area contributed by atoms with E-state index in [1.54, 1.807) is 0 Å². The minimum absolute atomic E-state index is 0.985. The third-order valence-electron chi connectivity index (χ3n) is 0.524. The van der Waals surface area contributed by atoms with Crippen LogP contribution < -0.4 is 0 Å². The van der Waals surface area contributed by atoms with Crippen LogP contribution in [-0.2, 0) is 0 Å². The van der Waals surface area contributed by atoms with Crippen LogP contribution in [0.2, 0.25) is 0 Å². The molecule has 0 aromatic rings. The van der Waals surface area contributed by atoms with Crippen molar-refractivity contribution in [3.8, 4) is 0 Å². The summed E-state index contributed by atoms with van der Waals surface area (Å²) >= 11 is 7.99. The molecule has 0 radical (unpaired) electrons. The molecule has 0 atom stereocenters. The fourth-order valence-electron chi connectivity index (χ4n) is 0. The molecular weight excluding hydrogens is 112 g/mol. The van der Waals surface area contributed by atoms with Gasteiger partial charge in [0, 0.05) is 0 Å². The van der Waals surface area contributed by atoms with Gasteiger partial charge in [0.2, 0.25) is 0 Å². The zero-order valence-electron chi connectivity index (χ0n) is 3.89. The van der Waals surface area contributed by atoms with Crippen LogP contribution in [0.1, 0.15) is 13.8 Å². The van der Waals surface area contributed by atoms with Crippen LogP contribution in [0.3, 0.4) is 0 Å². The van der Waals surface area contributed by atoms with Gasteiger partial charge >= 0.3 is 0 Å². The molecule has 0 heterocycles. The third-order valence-corrected chi connectivity index (χ3v) is 1.37. The predicted octanol–water partition coefficient (Wildman–Crippen LogP) is 2.10. The maximum Gasteiger partial charge on any atom is -0.0126 e. The molecule has 36 valence electrons. The minimum Gasteiger partial charge on any atom is -0.147 e. The fraction of sp³-hybridized carbons (Fsp3) is 0.500. The number of thiol groups is 2. The van der Waals surface area contributed by atoms with Crippen molar-refractivity contribution in [1.82, 2.24) is 0 Å². The van der Waals surface area contributed by atoms with Crippen molar-refractivity contribution in [1.29, 1.82) is 0 Å². The van der Waals surface area contributed by atoms with E-state index in [9.17, 15) is 0 Å². The van der Waals surface area contributed by atoms with Gasteiger partial charge in [-0.1, -0.05) is 0 Å². The van der Waals surface area contributed by atoms with Gasteiger partial charge in [0.25, 0.3) is 0 Å². The molecule has 2 heteroatoms. The maximum atomic E-state index is 4.00. The van der Waals surface area contributed by atoms with Crippen LogP contribution in [0.15, 0.2) is 9.81 Å². The smallest absolute Gasteiger partial charge is 0.0126 e. The Morgan fingerprint density at radius 3 is 1.17 bits per heavy atom. The highest BCUT2D eigenvalue weighted by Crippen LogP contribution is 2.08.